The van der Waals surface area contributed by atoms with Crippen molar-refractivity contribution < 1.29 is 0 Å². The third-order valence-electron chi connectivity index (χ3n) is 1.44. The molecule has 52 valence electrons. The fourth-order valence-corrected chi connectivity index (χ4v) is 1.57. The summed E-state index contributed by atoms with van der Waals surface area (Å²) >= 11 is 1.59. The Balaban J connectivity index is 2.79. The van der Waals surface area contributed by atoms with Crippen LogP contribution in [0.5, 0.6) is 0 Å². The van der Waals surface area contributed by atoms with Crippen molar-refractivity contribution >= 4 is 27.2 Å². The number of hydrogen-bond acceptors (Lipinski definition) is 2. The van der Waals surface area contributed by atoms with Crippen molar-refractivity contribution in [3.05, 3.63) is 35.1 Å². The van der Waals surface area contributed by atoms with Gasteiger partial charge in [0.1, 0.15) is 0 Å². The summed E-state index contributed by atoms with van der Waals surface area (Å²) < 4.78 is 1.14. The molecule has 1 aromatic carbocycles. The molecule has 2 aromatic rings. The first-order valence-corrected chi connectivity index (χ1v) is 3.99. The molecule has 0 atom stereocenters. The molecule has 0 aliphatic heterocycles. The van der Waals surface area contributed by atoms with Crippen LogP contribution in [0.3, 0.4) is 0 Å². The number of benzene rings is 1. The lowest BCUT2D eigenvalue weighted by Crippen LogP contribution is -1.64. The number of aromatic nitrogens is 1. The van der Waals surface area contributed by atoms with E-state index >= 15 is 0 Å². The van der Waals surface area contributed by atoms with Gasteiger partial charge in [-0.3, -0.25) is 0 Å². The topological polar surface area (TPSA) is 17.2 Å². The lowest BCUT2D eigenvalue weighted by atomic mass is 10.3. The number of rotatable bonds is 0. The zero-order chi connectivity index (χ0) is 7.68. The Bertz CT molecular complexity index is 425. The Morgan fingerprint density at radius 1 is 1.45 bits per heavy atom. The zero-order valence-electron chi connectivity index (χ0n) is 5.61. The standard InChI is InChI=1S/C8H4N2S/c1-9-6-2-3-8-7(4-6)10-5-11-8/h2-5H. The van der Waals surface area contributed by atoms with Crippen molar-refractivity contribution in [2.45, 2.75) is 0 Å². The maximum absolute atomic E-state index is 6.77. The van der Waals surface area contributed by atoms with E-state index in [2.05, 4.69) is 9.83 Å². The van der Waals surface area contributed by atoms with E-state index in [0.29, 0.717) is 5.69 Å². The summed E-state index contributed by atoms with van der Waals surface area (Å²) in [6.07, 6.45) is 0. The monoisotopic (exact) mass is 160 g/mol. The molecule has 0 N–H and O–H groups in total. The van der Waals surface area contributed by atoms with E-state index in [1.54, 1.807) is 22.9 Å². The molecule has 2 rings (SSSR count). The van der Waals surface area contributed by atoms with Crippen LogP contribution in [0.2, 0.25) is 0 Å². The molecule has 0 aliphatic rings. The van der Waals surface area contributed by atoms with Crippen LogP contribution in [-0.4, -0.2) is 4.98 Å². The maximum atomic E-state index is 6.77. The lowest BCUT2D eigenvalue weighted by Gasteiger charge is -1.86. The van der Waals surface area contributed by atoms with Gasteiger partial charge in [0.25, 0.3) is 0 Å². The molecule has 0 aliphatic carbocycles. The van der Waals surface area contributed by atoms with Crippen molar-refractivity contribution in [2.24, 2.45) is 0 Å². The summed E-state index contributed by atoms with van der Waals surface area (Å²) in [5.41, 5.74) is 3.37. The molecule has 0 fully saturated rings. The highest BCUT2D eigenvalue weighted by Gasteiger charge is 1.96. The average molecular weight is 160 g/mol. The van der Waals surface area contributed by atoms with Crippen LogP contribution in [0, 0.1) is 6.57 Å². The van der Waals surface area contributed by atoms with Crippen molar-refractivity contribution in [3.8, 4) is 0 Å². The van der Waals surface area contributed by atoms with Crippen molar-refractivity contribution in [2.75, 3.05) is 0 Å². The molecule has 0 saturated heterocycles. The van der Waals surface area contributed by atoms with Gasteiger partial charge in [-0.05, 0) is 6.07 Å². The molecule has 0 amide bonds. The van der Waals surface area contributed by atoms with Crippen LogP contribution in [0.4, 0.5) is 5.69 Å². The number of fused-ring (bicyclic) bond motifs is 1. The van der Waals surface area contributed by atoms with Gasteiger partial charge < -0.3 is 0 Å². The third kappa shape index (κ3) is 0.975. The van der Waals surface area contributed by atoms with Gasteiger partial charge in [0, 0.05) is 0 Å². The van der Waals surface area contributed by atoms with Crippen LogP contribution in [0.15, 0.2) is 23.7 Å². The van der Waals surface area contributed by atoms with Gasteiger partial charge in [-0.25, -0.2) is 9.83 Å². The zero-order valence-corrected chi connectivity index (χ0v) is 6.43. The largest absolute Gasteiger partial charge is 0.246 e. The first-order chi connectivity index (χ1) is 5.40. The van der Waals surface area contributed by atoms with Gasteiger partial charge in [-0.1, -0.05) is 12.1 Å². The van der Waals surface area contributed by atoms with E-state index in [9.17, 15) is 0 Å². The van der Waals surface area contributed by atoms with Crippen LogP contribution in [-0.2, 0) is 0 Å². The molecular formula is C8H4N2S. The van der Waals surface area contributed by atoms with Gasteiger partial charge in [0.15, 0.2) is 5.69 Å². The van der Waals surface area contributed by atoms with Gasteiger partial charge in [0.2, 0.25) is 0 Å². The summed E-state index contributed by atoms with van der Waals surface area (Å²) in [4.78, 5) is 7.42. The van der Waals surface area contributed by atoms with Crippen LogP contribution >= 0.6 is 11.3 Å². The third-order valence-corrected chi connectivity index (χ3v) is 2.25. The van der Waals surface area contributed by atoms with Crippen molar-refractivity contribution in [3.63, 3.8) is 0 Å². The number of thiazole rings is 1. The predicted octanol–water partition coefficient (Wildman–Crippen LogP) is 2.85. The molecule has 3 heteroatoms. The highest BCUT2D eigenvalue weighted by molar-refractivity contribution is 7.16. The van der Waals surface area contributed by atoms with E-state index in [1.807, 2.05) is 12.1 Å². The Morgan fingerprint density at radius 2 is 2.36 bits per heavy atom. The van der Waals surface area contributed by atoms with E-state index in [-0.39, 0.29) is 0 Å². The summed E-state index contributed by atoms with van der Waals surface area (Å²) in [6, 6.07) is 5.55. The minimum absolute atomic E-state index is 0.656. The SMILES string of the molecule is [C-]#[N+]c1ccc2scnc2c1. The first-order valence-electron chi connectivity index (χ1n) is 3.11. The molecular weight excluding hydrogens is 156 g/mol. The smallest absolute Gasteiger partial charge is 0.189 e. The number of hydrogen-bond donors (Lipinski definition) is 0. The normalized spacial score (nSPS) is 9.73. The van der Waals surface area contributed by atoms with Crippen molar-refractivity contribution in [1.82, 2.24) is 4.98 Å². The average Bonchev–Trinajstić information content (AvgIpc) is 2.50. The molecule has 0 bridgehead atoms. The Morgan fingerprint density at radius 3 is 3.18 bits per heavy atom. The molecule has 1 heterocycles. The van der Waals surface area contributed by atoms with Crippen LogP contribution < -0.4 is 0 Å². The van der Waals surface area contributed by atoms with Crippen molar-refractivity contribution in [1.29, 1.82) is 0 Å². The van der Waals surface area contributed by atoms with Gasteiger partial charge >= 0.3 is 0 Å². The molecule has 11 heavy (non-hydrogen) atoms. The summed E-state index contributed by atoms with van der Waals surface area (Å²) in [6.45, 7) is 6.77. The molecule has 0 radical (unpaired) electrons. The van der Waals surface area contributed by atoms with Crippen LogP contribution in [0.25, 0.3) is 15.1 Å². The molecule has 0 saturated carbocycles. The fourth-order valence-electron chi connectivity index (χ4n) is 0.916. The van der Waals surface area contributed by atoms with E-state index in [4.69, 9.17) is 6.57 Å². The highest BCUT2D eigenvalue weighted by Crippen LogP contribution is 2.22. The molecule has 0 unspecified atom stereocenters. The van der Waals surface area contributed by atoms with Gasteiger partial charge in [-0.15, -0.1) is 11.3 Å². The van der Waals surface area contributed by atoms with Gasteiger partial charge in [0.05, 0.1) is 22.3 Å². The number of nitrogens with zero attached hydrogens (tertiary/aromatic N) is 2. The summed E-state index contributed by atoms with van der Waals surface area (Å²) in [5.74, 6) is 0. The maximum Gasteiger partial charge on any atom is 0.189 e. The Labute approximate surface area is 67.9 Å². The predicted molar refractivity (Wildman–Crippen MR) is 45.9 cm³/mol. The minimum atomic E-state index is 0.656. The highest BCUT2D eigenvalue weighted by atomic mass is 32.1. The lowest BCUT2D eigenvalue weighted by molar-refractivity contribution is 1.50. The molecule has 0 spiro atoms. The van der Waals surface area contributed by atoms with Crippen LogP contribution in [0.1, 0.15) is 0 Å². The van der Waals surface area contributed by atoms with E-state index in [0.717, 1.165) is 10.2 Å². The Kier molecular flexibility index (Phi) is 1.34. The molecule has 2 nitrogen and oxygen atoms in total. The Hall–Kier alpha value is -1.40. The molecule has 1 aromatic heterocycles. The fraction of sp³-hybridized carbons (Fsp3) is 0. The van der Waals surface area contributed by atoms with E-state index < -0.39 is 0 Å². The van der Waals surface area contributed by atoms with Gasteiger partial charge in [-0.2, -0.15) is 0 Å². The second-order valence-corrected chi connectivity index (χ2v) is 3.00. The quantitative estimate of drug-likeness (QED) is 0.541. The minimum Gasteiger partial charge on any atom is -0.246 e. The summed E-state index contributed by atoms with van der Waals surface area (Å²) in [5, 5.41) is 0. The second kappa shape index (κ2) is 2.33. The second-order valence-electron chi connectivity index (χ2n) is 2.12. The van der Waals surface area contributed by atoms with E-state index in [1.165, 1.54) is 0 Å². The first kappa shape index (κ1) is 6.32. The summed E-state index contributed by atoms with van der Waals surface area (Å²) in [7, 11) is 0.